The zero-order valence-corrected chi connectivity index (χ0v) is 14.2. The monoisotopic (exact) mass is 343 g/mol. The molecule has 8 heteroatoms. The van der Waals surface area contributed by atoms with Crippen molar-refractivity contribution in [3.05, 3.63) is 46.5 Å². The number of aromatic nitrogens is 4. The fourth-order valence-corrected chi connectivity index (χ4v) is 2.85. The molecule has 24 heavy (non-hydrogen) atoms. The first kappa shape index (κ1) is 16.3. The topological polar surface area (TPSA) is 93.8 Å². The molecule has 0 spiro atoms. The van der Waals surface area contributed by atoms with Gasteiger partial charge in [-0.3, -0.25) is 9.78 Å². The molecule has 0 saturated carbocycles. The van der Waals surface area contributed by atoms with Crippen molar-refractivity contribution < 1.29 is 9.32 Å². The predicted octanol–water partition coefficient (Wildman–Crippen LogP) is 2.57. The van der Waals surface area contributed by atoms with Crippen molar-refractivity contribution >= 4 is 17.2 Å². The maximum Gasteiger partial charge on any atom is 0.246 e. The van der Waals surface area contributed by atoms with Crippen molar-refractivity contribution in [2.45, 2.75) is 32.7 Å². The third-order valence-electron chi connectivity index (χ3n) is 3.25. The summed E-state index contributed by atoms with van der Waals surface area (Å²) in [6.07, 6.45) is 3.56. The molecule has 0 aromatic carbocycles. The zero-order valence-electron chi connectivity index (χ0n) is 13.4. The molecule has 3 aromatic rings. The standard InChI is InChI=1S/C16H17N5O2S/c1-10(2)16-19-12(9-24-16)7-13(22)18-8-14-20-15(21-23-14)11-3-5-17-6-4-11/h3-6,9-10H,7-8H2,1-2H3,(H,18,22). The van der Waals surface area contributed by atoms with Crippen LogP contribution in [-0.2, 0) is 17.8 Å². The summed E-state index contributed by atoms with van der Waals surface area (Å²) in [6, 6.07) is 3.59. The van der Waals surface area contributed by atoms with Gasteiger partial charge < -0.3 is 9.84 Å². The highest BCUT2D eigenvalue weighted by atomic mass is 32.1. The van der Waals surface area contributed by atoms with E-state index in [1.165, 1.54) is 0 Å². The average Bonchev–Trinajstić information content (AvgIpc) is 3.23. The summed E-state index contributed by atoms with van der Waals surface area (Å²) < 4.78 is 5.15. The number of thiazole rings is 1. The highest BCUT2D eigenvalue weighted by Gasteiger charge is 2.12. The van der Waals surface area contributed by atoms with Gasteiger partial charge in [0, 0.05) is 29.3 Å². The Morgan fingerprint density at radius 1 is 1.29 bits per heavy atom. The molecule has 0 bridgehead atoms. The lowest BCUT2D eigenvalue weighted by Gasteiger charge is -2.00. The van der Waals surface area contributed by atoms with Gasteiger partial charge in [0.1, 0.15) is 0 Å². The van der Waals surface area contributed by atoms with E-state index < -0.39 is 0 Å². The first-order chi connectivity index (χ1) is 11.6. The molecule has 0 aliphatic rings. The lowest BCUT2D eigenvalue weighted by molar-refractivity contribution is -0.120. The molecule has 124 valence electrons. The van der Waals surface area contributed by atoms with Crippen LogP contribution in [0.25, 0.3) is 11.4 Å². The molecule has 0 aliphatic carbocycles. The molecule has 3 aromatic heterocycles. The number of carbonyl (C=O) groups is 1. The Morgan fingerprint density at radius 3 is 2.79 bits per heavy atom. The SMILES string of the molecule is CC(C)c1nc(CC(=O)NCc2nc(-c3ccncc3)no2)cs1. The molecular weight excluding hydrogens is 326 g/mol. The Balaban J connectivity index is 1.54. The quantitative estimate of drug-likeness (QED) is 0.739. The van der Waals surface area contributed by atoms with E-state index in [0.29, 0.717) is 17.6 Å². The minimum atomic E-state index is -0.126. The van der Waals surface area contributed by atoms with Gasteiger partial charge in [-0.1, -0.05) is 19.0 Å². The number of rotatable bonds is 6. The van der Waals surface area contributed by atoms with E-state index in [4.69, 9.17) is 4.52 Å². The van der Waals surface area contributed by atoms with Crippen LogP contribution in [0.15, 0.2) is 34.4 Å². The highest BCUT2D eigenvalue weighted by Crippen LogP contribution is 2.19. The third kappa shape index (κ3) is 4.02. The van der Waals surface area contributed by atoms with E-state index in [9.17, 15) is 4.79 Å². The summed E-state index contributed by atoms with van der Waals surface area (Å²) in [6.45, 7) is 4.36. The number of pyridine rings is 1. The van der Waals surface area contributed by atoms with Crippen LogP contribution in [0.1, 0.15) is 36.4 Å². The molecule has 1 amide bonds. The molecule has 1 N–H and O–H groups in total. The summed E-state index contributed by atoms with van der Waals surface area (Å²) in [5.74, 6) is 1.08. The summed E-state index contributed by atoms with van der Waals surface area (Å²) in [5, 5.41) is 9.62. The summed E-state index contributed by atoms with van der Waals surface area (Å²) >= 11 is 1.58. The second-order valence-electron chi connectivity index (χ2n) is 5.53. The van der Waals surface area contributed by atoms with Crippen molar-refractivity contribution in [3.8, 4) is 11.4 Å². The van der Waals surface area contributed by atoms with Gasteiger partial charge >= 0.3 is 0 Å². The van der Waals surface area contributed by atoms with Crippen molar-refractivity contribution in [2.24, 2.45) is 0 Å². The van der Waals surface area contributed by atoms with Crippen molar-refractivity contribution in [1.29, 1.82) is 0 Å². The van der Waals surface area contributed by atoms with E-state index in [2.05, 4.69) is 39.3 Å². The van der Waals surface area contributed by atoms with Crippen molar-refractivity contribution in [2.75, 3.05) is 0 Å². The van der Waals surface area contributed by atoms with E-state index in [1.54, 1.807) is 35.9 Å². The normalized spacial score (nSPS) is 11.0. The molecular formula is C16H17N5O2S. The van der Waals surface area contributed by atoms with Crippen LogP contribution >= 0.6 is 11.3 Å². The van der Waals surface area contributed by atoms with Gasteiger partial charge in [0.2, 0.25) is 17.6 Å². The van der Waals surface area contributed by atoms with Crippen LogP contribution in [0.4, 0.5) is 0 Å². The van der Waals surface area contributed by atoms with Crippen LogP contribution in [0.3, 0.4) is 0 Å². The predicted molar refractivity (Wildman–Crippen MR) is 89.3 cm³/mol. The lowest BCUT2D eigenvalue weighted by Crippen LogP contribution is -2.24. The van der Waals surface area contributed by atoms with Gasteiger partial charge in [-0.05, 0) is 12.1 Å². The first-order valence-corrected chi connectivity index (χ1v) is 8.44. The van der Waals surface area contributed by atoms with E-state index >= 15 is 0 Å². The molecule has 7 nitrogen and oxygen atoms in total. The highest BCUT2D eigenvalue weighted by molar-refractivity contribution is 7.09. The van der Waals surface area contributed by atoms with Gasteiger partial charge in [-0.25, -0.2) is 4.98 Å². The smallest absolute Gasteiger partial charge is 0.246 e. The molecule has 0 unspecified atom stereocenters. The second kappa shape index (κ2) is 7.31. The van der Waals surface area contributed by atoms with Crippen molar-refractivity contribution in [3.63, 3.8) is 0 Å². The number of nitrogens with one attached hydrogen (secondary N) is 1. The van der Waals surface area contributed by atoms with Gasteiger partial charge in [-0.15, -0.1) is 11.3 Å². The third-order valence-corrected chi connectivity index (χ3v) is 4.44. The number of carbonyl (C=O) groups excluding carboxylic acids is 1. The van der Waals surface area contributed by atoms with Crippen LogP contribution in [-0.4, -0.2) is 26.0 Å². The van der Waals surface area contributed by atoms with E-state index in [0.717, 1.165) is 16.3 Å². The van der Waals surface area contributed by atoms with Crippen LogP contribution < -0.4 is 5.32 Å². The average molecular weight is 343 g/mol. The van der Waals surface area contributed by atoms with Crippen molar-refractivity contribution in [1.82, 2.24) is 25.4 Å². The molecule has 0 fully saturated rings. The maximum atomic E-state index is 12.0. The maximum absolute atomic E-state index is 12.0. The van der Waals surface area contributed by atoms with Crippen LogP contribution in [0.5, 0.6) is 0 Å². The lowest BCUT2D eigenvalue weighted by atomic mass is 10.2. The Morgan fingerprint density at radius 2 is 2.08 bits per heavy atom. The van der Waals surface area contributed by atoms with Gasteiger partial charge in [0.05, 0.1) is 23.7 Å². The van der Waals surface area contributed by atoms with Gasteiger partial charge in [0.15, 0.2) is 0 Å². The summed E-state index contributed by atoms with van der Waals surface area (Å²) in [7, 11) is 0. The molecule has 0 aliphatic heterocycles. The minimum absolute atomic E-state index is 0.126. The van der Waals surface area contributed by atoms with E-state index in [-0.39, 0.29) is 18.9 Å². The molecule has 3 heterocycles. The van der Waals surface area contributed by atoms with E-state index in [1.807, 2.05) is 5.38 Å². The minimum Gasteiger partial charge on any atom is -0.347 e. The molecule has 0 saturated heterocycles. The fraction of sp³-hybridized carbons (Fsp3) is 0.312. The summed E-state index contributed by atoms with van der Waals surface area (Å²) in [4.78, 5) is 24.6. The second-order valence-corrected chi connectivity index (χ2v) is 6.42. The van der Waals surface area contributed by atoms with Gasteiger partial charge in [-0.2, -0.15) is 4.98 Å². The number of hydrogen-bond donors (Lipinski definition) is 1. The Bertz CT molecular complexity index is 813. The van der Waals surface area contributed by atoms with Crippen LogP contribution in [0.2, 0.25) is 0 Å². The van der Waals surface area contributed by atoms with Crippen LogP contribution in [0, 0.1) is 0 Å². The Labute approximate surface area is 143 Å². The largest absolute Gasteiger partial charge is 0.347 e. The summed E-state index contributed by atoms with van der Waals surface area (Å²) in [5.41, 5.74) is 1.60. The molecule has 0 radical (unpaired) electrons. The Kier molecular flexibility index (Phi) is 4.95. The number of amides is 1. The van der Waals surface area contributed by atoms with Gasteiger partial charge in [0.25, 0.3) is 0 Å². The Hall–Kier alpha value is -2.61. The molecule has 3 rings (SSSR count). The first-order valence-electron chi connectivity index (χ1n) is 7.56. The molecule has 0 atom stereocenters. The number of hydrogen-bond acceptors (Lipinski definition) is 7. The number of nitrogens with zero attached hydrogens (tertiary/aromatic N) is 4. The zero-order chi connectivity index (χ0) is 16.9. The fourth-order valence-electron chi connectivity index (χ4n) is 2.02.